The number of amides is 2. The Bertz CT molecular complexity index is 1340. The molecular formula is C30H37N5O4S. The van der Waals surface area contributed by atoms with Crippen molar-refractivity contribution in [2.45, 2.75) is 83.0 Å². The number of ether oxygens (including phenoxy) is 1. The number of nitrogens with one attached hydrogen (secondary N) is 1. The quantitative estimate of drug-likeness (QED) is 0.408. The van der Waals surface area contributed by atoms with Gasteiger partial charge in [0, 0.05) is 24.7 Å². The molecule has 0 radical (unpaired) electrons. The molecule has 2 aromatic heterocycles. The standard InChI is InChI=1S/C30H37N5O4S/c1-19(21-7-9-22(10-8-21)29-20(2)31-18-40-29)32-30(37)26-6-4-14-35(26)28(36)16-25-15-27(33-39-25)38-17-24-12-11-23-5-3-13-34(23)24/h7-10,15,18-19,23-24,26H,3-6,11-14,16-17H2,1-2H3,(H,32,37). The first-order valence-electron chi connectivity index (χ1n) is 14.4. The van der Waals surface area contributed by atoms with Crippen molar-refractivity contribution in [2.75, 3.05) is 19.7 Å². The normalized spacial score (nSPS) is 23.4. The Hall–Kier alpha value is -3.24. The fourth-order valence-corrected chi connectivity index (χ4v) is 7.30. The van der Waals surface area contributed by atoms with Gasteiger partial charge in [0.15, 0.2) is 0 Å². The zero-order valence-electron chi connectivity index (χ0n) is 23.2. The van der Waals surface area contributed by atoms with Crippen LogP contribution in [0.4, 0.5) is 0 Å². The molecule has 5 heterocycles. The van der Waals surface area contributed by atoms with Gasteiger partial charge in [0.05, 0.1) is 28.5 Å². The third-order valence-corrected chi connectivity index (χ3v) is 9.64. The van der Waals surface area contributed by atoms with Gasteiger partial charge in [0.2, 0.25) is 11.8 Å². The van der Waals surface area contributed by atoms with Crippen LogP contribution < -0.4 is 10.1 Å². The molecule has 0 bridgehead atoms. The Kier molecular flexibility index (Phi) is 7.89. The van der Waals surface area contributed by atoms with Gasteiger partial charge < -0.3 is 19.5 Å². The Labute approximate surface area is 238 Å². The summed E-state index contributed by atoms with van der Waals surface area (Å²) >= 11 is 1.62. The molecule has 2 amide bonds. The maximum atomic E-state index is 13.2. The second-order valence-corrected chi connectivity index (χ2v) is 12.1. The van der Waals surface area contributed by atoms with Gasteiger partial charge in [0.1, 0.15) is 18.4 Å². The van der Waals surface area contributed by atoms with Gasteiger partial charge in [-0.2, -0.15) is 0 Å². The van der Waals surface area contributed by atoms with E-state index in [1.807, 2.05) is 31.5 Å². The van der Waals surface area contributed by atoms with Gasteiger partial charge in [-0.05, 0) is 75.2 Å². The van der Waals surface area contributed by atoms with E-state index in [-0.39, 0.29) is 24.3 Å². The zero-order valence-corrected chi connectivity index (χ0v) is 24.0. The third-order valence-electron chi connectivity index (χ3n) is 8.66. The molecule has 1 aromatic carbocycles. The van der Waals surface area contributed by atoms with E-state index in [4.69, 9.17) is 9.26 Å². The number of rotatable bonds is 9. The van der Waals surface area contributed by atoms with E-state index in [1.165, 1.54) is 19.3 Å². The maximum absolute atomic E-state index is 13.2. The van der Waals surface area contributed by atoms with Crippen LogP contribution in [0.3, 0.4) is 0 Å². The van der Waals surface area contributed by atoms with Crippen molar-refractivity contribution in [2.24, 2.45) is 0 Å². The lowest BCUT2D eigenvalue weighted by molar-refractivity contribution is -0.138. The molecule has 4 atom stereocenters. The van der Waals surface area contributed by atoms with Crippen LogP contribution in [0.2, 0.25) is 0 Å². The van der Waals surface area contributed by atoms with Crippen LogP contribution in [0.25, 0.3) is 10.4 Å². The van der Waals surface area contributed by atoms with Crippen LogP contribution in [0.1, 0.15) is 68.5 Å². The smallest absolute Gasteiger partial charge is 0.254 e. The number of fused-ring (bicyclic) bond motifs is 1. The summed E-state index contributed by atoms with van der Waals surface area (Å²) in [5.74, 6) is 0.625. The molecule has 0 saturated carbocycles. The molecule has 9 nitrogen and oxygen atoms in total. The highest BCUT2D eigenvalue weighted by molar-refractivity contribution is 7.13. The number of aryl methyl sites for hydroxylation is 1. The van der Waals surface area contributed by atoms with Crippen molar-refractivity contribution >= 4 is 23.2 Å². The van der Waals surface area contributed by atoms with Gasteiger partial charge in [0.25, 0.3) is 5.88 Å². The Morgan fingerprint density at radius 3 is 2.77 bits per heavy atom. The zero-order chi connectivity index (χ0) is 27.6. The van der Waals surface area contributed by atoms with Gasteiger partial charge in [-0.15, -0.1) is 11.3 Å². The molecule has 3 aliphatic rings. The lowest BCUT2D eigenvalue weighted by Gasteiger charge is -2.25. The predicted molar refractivity (Wildman–Crippen MR) is 152 cm³/mol. The summed E-state index contributed by atoms with van der Waals surface area (Å²) in [6.45, 7) is 6.28. The molecule has 3 aromatic rings. The first kappa shape index (κ1) is 27.0. The van der Waals surface area contributed by atoms with E-state index < -0.39 is 6.04 Å². The molecule has 1 N–H and O–H groups in total. The molecule has 3 saturated heterocycles. The number of thiazole rings is 1. The minimum Gasteiger partial charge on any atom is -0.474 e. The van der Waals surface area contributed by atoms with Crippen molar-refractivity contribution in [3.05, 3.63) is 52.9 Å². The van der Waals surface area contributed by atoms with Crippen LogP contribution >= 0.6 is 11.3 Å². The first-order valence-corrected chi connectivity index (χ1v) is 15.3. The number of hydrogen-bond acceptors (Lipinski definition) is 8. The van der Waals surface area contributed by atoms with Crippen LogP contribution in [0, 0.1) is 6.92 Å². The largest absolute Gasteiger partial charge is 0.474 e. The molecule has 3 aliphatic heterocycles. The van der Waals surface area contributed by atoms with Gasteiger partial charge >= 0.3 is 0 Å². The van der Waals surface area contributed by atoms with Gasteiger partial charge in [-0.3, -0.25) is 14.5 Å². The van der Waals surface area contributed by atoms with Crippen molar-refractivity contribution < 1.29 is 18.8 Å². The molecule has 6 rings (SSSR count). The Morgan fingerprint density at radius 1 is 1.15 bits per heavy atom. The average molecular weight is 564 g/mol. The van der Waals surface area contributed by atoms with Crippen LogP contribution in [0.15, 0.2) is 40.4 Å². The summed E-state index contributed by atoms with van der Waals surface area (Å²) in [7, 11) is 0. The number of aromatic nitrogens is 2. The highest BCUT2D eigenvalue weighted by atomic mass is 32.1. The number of carbonyl (C=O) groups excluding carboxylic acids is 2. The number of hydrogen-bond donors (Lipinski definition) is 1. The minimum atomic E-state index is -0.483. The van der Waals surface area contributed by atoms with Gasteiger partial charge in [-0.25, -0.2) is 4.98 Å². The Balaban J connectivity index is 1.01. The summed E-state index contributed by atoms with van der Waals surface area (Å²) in [6.07, 6.45) is 6.47. The first-order chi connectivity index (χ1) is 19.5. The monoisotopic (exact) mass is 563 g/mol. The van der Waals surface area contributed by atoms with E-state index in [2.05, 4.69) is 32.5 Å². The predicted octanol–water partition coefficient (Wildman–Crippen LogP) is 4.52. The summed E-state index contributed by atoms with van der Waals surface area (Å²) in [5.41, 5.74) is 5.00. The number of benzene rings is 1. The molecule has 4 unspecified atom stereocenters. The molecule has 10 heteroatoms. The van der Waals surface area contributed by atoms with Crippen molar-refractivity contribution in [3.63, 3.8) is 0 Å². The third kappa shape index (κ3) is 5.65. The van der Waals surface area contributed by atoms with Crippen LogP contribution in [-0.4, -0.2) is 69.6 Å². The van der Waals surface area contributed by atoms with Crippen molar-refractivity contribution in [1.82, 2.24) is 25.3 Å². The topological polar surface area (TPSA) is 101 Å². The highest BCUT2D eigenvalue weighted by Gasteiger charge is 2.37. The number of likely N-dealkylation sites (tertiary alicyclic amines) is 1. The van der Waals surface area contributed by atoms with E-state index in [1.54, 1.807) is 22.3 Å². The molecule has 212 valence electrons. The second kappa shape index (κ2) is 11.7. The van der Waals surface area contributed by atoms with Crippen LogP contribution in [0.5, 0.6) is 5.88 Å². The average Bonchev–Trinajstić information content (AvgIpc) is 3.77. The maximum Gasteiger partial charge on any atom is 0.254 e. The molecular weight excluding hydrogens is 526 g/mol. The minimum absolute atomic E-state index is 0.0613. The van der Waals surface area contributed by atoms with Gasteiger partial charge in [-0.1, -0.05) is 24.3 Å². The van der Waals surface area contributed by atoms with E-state index in [0.717, 1.165) is 41.1 Å². The highest BCUT2D eigenvalue weighted by Crippen LogP contribution is 2.33. The number of carbonyl (C=O) groups is 2. The van der Waals surface area contributed by atoms with E-state index >= 15 is 0 Å². The van der Waals surface area contributed by atoms with Crippen molar-refractivity contribution in [3.8, 4) is 16.3 Å². The molecule has 0 aliphatic carbocycles. The summed E-state index contributed by atoms with van der Waals surface area (Å²) in [5, 5.41) is 7.14. The summed E-state index contributed by atoms with van der Waals surface area (Å²) < 4.78 is 11.3. The second-order valence-electron chi connectivity index (χ2n) is 11.2. The SMILES string of the molecule is Cc1ncsc1-c1ccc(C(C)NC(=O)C2CCCN2C(=O)Cc2cc(OCC3CCC4CCCN43)no2)cc1. The fraction of sp³-hybridized carbons (Fsp3) is 0.533. The van der Waals surface area contributed by atoms with E-state index in [0.29, 0.717) is 43.3 Å². The fourth-order valence-electron chi connectivity index (χ4n) is 6.49. The summed E-state index contributed by atoms with van der Waals surface area (Å²) in [6, 6.07) is 10.4. The van der Waals surface area contributed by atoms with E-state index in [9.17, 15) is 9.59 Å². The lowest BCUT2D eigenvalue weighted by Crippen LogP contribution is -2.47. The van der Waals surface area contributed by atoms with Crippen LogP contribution in [-0.2, 0) is 16.0 Å². The summed E-state index contributed by atoms with van der Waals surface area (Å²) in [4.78, 5) is 36.1. The molecule has 3 fully saturated rings. The Morgan fingerprint density at radius 2 is 1.98 bits per heavy atom. The molecule has 40 heavy (non-hydrogen) atoms. The molecule has 0 spiro atoms. The lowest BCUT2D eigenvalue weighted by atomic mass is 10.0. The number of nitrogens with zero attached hydrogens (tertiary/aromatic N) is 4. The van der Waals surface area contributed by atoms with Crippen molar-refractivity contribution in [1.29, 1.82) is 0 Å².